The van der Waals surface area contributed by atoms with Crippen molar-refractivity contribution in [3.63, 3.8) is 0 Å². The van der Waals surface area contributed by atoms with Crippen LogP contribution in [-0.4, -0.2) is 13.1 Å². The van der Waals surface area contributed by atoms with Crippen LogP contribution in [0, 0.1) is 5.92 Å². The van der Waals surface area contributed by atoms with Gasteiger partial charge in [-0.1, -0.05) is 29.8 Å². The van der Waals surface area contributed by atoms with Gasteiger partial charge in [0.2, 0.25) is 0 Å². The van der Waals surface area contributed by atoms with Crippen LogP contribution in [0.15, 0.2) is 24.8 Å². The highest BCUT2D eigenvalue weighted by molar-refractivity contribution is 6.30. The maximum absolute atomic E-state index is 6.16. The number of hydrogen-bond acceptors (Lipinski definition) is 1. The SMILES string of the molecule is C=C(C)c1cc(Cl)cc(CC2CCNCC2)c1. The zero-order valence-electron chi connectivity index (χ0n) is 10.4. The summed E-state index contributed by atoms with van der Waals surface area (Å²) in [5.74, 6) is 0.799. The lowest BCUT2D eigenvalue weighted by Gasteiger charge is -2.22. The molecule has 0 amide bonds. The van der Waals surface area contributed by atoms with Gasteiger partial charge >= 0.3 is 0 Å². The van der Waals surface area contributed by atoms with Gasteiger partial charge in [0.1, 0.15) is 0 Å². The first kappa shape index (κ1) is 12.7. The molecule has 1 aliphatic heterocycles. The van der Waals surface area contributed by atoms with E-state index in [1.54, 1.807) is 0 Å². The van der Waals surface area contributed by atoms with E-state index in [-0.39, 0.29) is 0 Å². The molecule has 0 unspecified atom stereocenters. The standard InChI is InChI=1S/C15H20ClN/c1-11(2)14-8-13(9-15(16)10-14)7-12-3-5-17-6-4-12/h8-10,12,17H,1,3-7H2,2H3. The maximum Gasteiger partial charge on any atom is 0.0414 e. The summed E-state index contributed by atoms with van der Waals surface area (Å²) in [5.41, 5.74) is 3.60. The van der Waals surface area contributed by atoms with Gasteiger partial charge in [0.25, 0.3) is 0 Å². The molecule has 17 heavy (non-hydrogen) atoms. The Labute approximate surface area is 109 Å². The fourth-order valence-corrected chi connectivity index (χ4v) is 2.69. The second kappa shape index (κ2) is 5.70. The van der Waals surface area contributed by atoms with E-state index in [9.17, 15) is 0 Å². The number of rotatable bonds is 3. The Kier molecular flexibility index (Phi) is 4.25. The van der Waals surface area contributed by atoms with Crippen LogP contribution in [0.4, 0.5) is 0 Å². The Morgan fingerprint density at radius 3 is 2.71 bits per heavy atom. The molecular formula is C15H20ClN. The van der Waals surface area contributed by atoms with Gasteiger partial charge in [0.05, 0.1) is 0 Å². The van der Waals surface area contributed by atoms with Crippen LogP contribution in [-0.2, 0) is 6.42 Å². The van der Waals surface area contributed by atoms with Gasteiger partial charge in [-0.15, -0.1) is 0 Å². The Morgan fingerprint density at radius 1 is 1.35 bits per heavy atom. The molecule has 0 aromatic heterocycles. The van der Waals surface area contributed by atoms with Crippen molar-refractivity contribution in [3.8, 4) is 0 Å². The molecule has 1 N–H and O–H groups in total. The van der Waals surface area contributed by atoms with Crippen molar-refractivity contribution in [3.05, 3.63) is 40.9 Å². The molecular weight excluding hydrogens is 230 g/mol. The van der Waals surface area contributed by atoms with Crippen molar-refractivity contribution >= 4 is 17.2 Å². The lowest BCUT2D eigenvalue weighted by Crippen LogP contribution is -2.28. The molecule has 1 aromatic rings. The molecule has 1 heterocycles. The molecule has 2 heteroatoms. The number of hydrogen-bond donors (Lipinski definition) is 1. The highest BCUT2D eigenvalue weighted by Gasteiger charge is 2.14. The summed E-state index contributed by atoms with van der Waals surface area (Å²) in [5, 5.41) is 4.23. The van der Waals surface area contributed by atoms with Crippen LogP contribution in [0.25, 0.3) is 5.57 Å². The molecule has 0 saturated carbocycles. The highest BCUT2D eigenvalue weighted by atomic mass is 35.5. The monoisotopic (exact) mass is 249 g/mol. The summed E-state index contributed by atoms with van der Waals surface area (Å²) in [6, 6.07) is 6.32. The smallest absolute Gasteiger partial charge is 0.0414 e. The Bertz CT molecular complexity index is 405. The second-order valence-corrected chi connectivity index (χ2v) is 5.46. The lowest BCUT2D eigenvalue weighted by atomic mass is 9.90. The molecule has 1 saturated heterocycles. The Hall–Kier alpha value is -0.790. The minimum atomic E-state index is 0.799. The van der Waals surface area contributed by atoms with Gasteiger partial charge in [0, 0.05) is 5.02 Å². The third kappa shape index (κ3) is 3.58. The van der Waals surface area contributed by atoms with Gasteiger partial charge in [-0.2, -0.15) is 0 Å². The summed E-state index contributed by atoms with van der Waals surface area (Å²) in [6.07, 6.45) is 3.69. The molecule has 1 fully saturated rings. The predicted octanol–water partition coefficient (Wildman–Crippen LogP) is 3.92. The average molecular weight is 250 g/mol. The van der Waals surface area contributed by atoms with E-state index >= 15 is 0 Å². The summed E-state index contributed by atoms with van der Waals surface area (Å²) in [6.45, 7) is 8.32. The summed E-state index contributed by atoms with van der Waals surface area (Å²) >= 11 is 6.16. The van der Waals surface area contributed by atoms with Crippen molar-refractivity contribution in [2.45, 2.75) is 26.2 Å². The highest BCUT2D eigenvalue weighted by Crippen LogP contribution is 2.24. The van der Waals surface area contributed by atoms with E-state index in [0.717, 1.165) is 36.0 Å². The number of piperidine rings is 1. The molecule has 0 bridgehead atoms. The quantitative estimate of drug-likeness (QED) is 0.856. The minimum absolute atomic E-state index is 0.799. The average Bonchev–Trinajstić information content (AvgIpc) is 2.29. The van der Waals surface area contributed by atoms with Gasteiger partial charge in [-0.25, -0.2) is 0 Å². The fraction of sp³-hybridized carbons (Fsp3) is 0.467. The minimum Gasteiger partial charge on any atom is -0.317 e. The van der Waals surface area contributed by atoms with Gasteiger partial charge < -0.3 is 5.32 Å². The van der Waals surface area contributed by atoms with Crippen LogP contribution in [0.2, 0.25) is 5.02 Å². The largest absolute Gasteiger partial charge is 0.317 e. The lowest BCUT2D eigenvalue weighted by molar-refractivity contribution is 0.372. The van der Waals surface area contributed by atoms with Crippen LogP contribution >= 0.6 is 11.6 Å². The molecule has 0 spiro atoms. The maximum atomic E-state index is 6.16. The van der Waals surface area contributed by atoms with Crippen molar-refractivity contribution in [2.24, 2.45) is 5.92 Å². The molecule has 0 radical (unpaired) electrons. The third-order valence-electron chi connectivity index (χ3n) is 3.43. The van der Waals surface area contributed by atoms with E-state index in [2.05, 4.69) is 24.0 Å². The Morgan fingerprint density at radius 2 is 2.06 bits per heavy atom. The molecule has 92 valence electrons. The molecule has 1 aliphatic rings. The fourth-order valence-electron chi connectivity index (χ4n) is 2.43. The first-order valence-electron chi connectivity index (χ1n) is 6.31. The van der Waals surface area contributed by atoms with Crippen molar-refractivity contribution < 1.29 is 0 Å². The van der Waals surface area contributed by atoms with Gasteiger partial charge in [-0.05, 0) is 68.5 Å². The molecule has 2 rings (SSSR count). The zero-order valence-corrected chi connectivity index (χ0v) is 11.2. The second-order valence-electron chi connectivity index (χ2n) is 5.03. The van der Waals surface area contributed by atoms with Crippen molar-refractivity contribution in [2.75, 3.05) is 13.1 Å². The number of benzene rings is 1. The van der Waals surface area contributed by atoms with E-state index in [4.69, 9.17) is 11.6 Å². The number of halogens is 1. The summed E-state index contributed by atoms with van der Waals surface area (Å²) in [7, 11) is 0. The van der Waals surface area contributed by atoms with Gasteiger partial charge in [-0.3, -0.25) is 0 Å². The number of nitrogens with one attached hydrogen (secondary N) is 1. The zero-order chi connectivity index (χ0) is 12.3. The molecule has 1 nitrogen and oxygen atoms in total. The number of allylic oxidation sites excluding steroid dienone is 1. The predicted molar refractivity (Wildman–Crippen MR) is 75.5 cm³/mol. The van der Waals surface area contributed by atoms with Gasteiger partial charge in [0.15, 0.2) is 0 Å². The third-order valence-corrected chi connectivity index (χ3v) is 3.65. The van der Waals surface area contributed by atoms with E-state index in [1.165, 1.54) is 24.0 Å². The normalized spacial score (nSPS) is 17.1. The van der Waals surface area contributed by atoms with Crippen LogP contribution in [0.1, 0.15) is 30.9 Å². The first-order chi connectivity index (χ1) is 8.15. The van der Waals surface area contributed by atoms with Crippen LogP contribution < -0.4 is 5.32 Å². The molecule has 0 atom stereocenters. The van der Waals surface area contributed by atoms with Crippen LogP contribution in [0.5, 0.6) is 0 Å². The summed E-state index contributed by atoms with van der Waals surface area (Å²) < 4.78 is 0. The van der Waals surface area contributed by atoms with Crippen molar-refractivity contribution in [1.82, 2.24) is 5.32 Å². The topological polar surface area (TPSA) is 12.0 Å². The summed E-state index contributed by atoms with van der Waals surface area (Å²) in [4.78, 5) is 0. The molecule has 1 aromatic carbocycles. The first-order valence-corrected chi connectivity index (χ1v) is 6.69. The molecule has 0 aliphatic carbocycles. The van der Waals surface area contributed by atoms with E-state index in [0.29, 0.717) is 0 Å². The van der Waals surface area contributed by atoms with E-state index in [1.807, 2.05) is 13.0 Å². The van der Waals surface area contributed by atoms with Crippen molar-refractivity contribution in [1.29, 1.82) is 0 Å². The Balaban J connectivity index is 2.11. The van der Waals surface area contributed by atoms with Crippen LogP contribution in [0.3, 0.4) is 0 Å². The van der Waals surface area contributed by atoms with E-state index < -0.39 is 0 Å².